The summed E-state index contributed by atoms with van der Waals surface area (Å²) in [5, 5.41) is 5.85. The smallest absolute Gasteiger partial charge is 0.315 e. The summed E-state index contributed by atoms with van der Waals surface area (Å²) in [6, 6.07) is 13.5. The number of benzene rings is 2. The quantitative estimate of drug-likeness (QED) is 0.765. The van der Waals surface area contributed by atoms with Crippen LogP contribution < -0.4 is 24.8 Å². The molecule has 2 amide bonds. The molecular formula is C22H28N2O4. The molecule has 0 aliphatic carbocycles. The summed E-state index contributed by atoms with van der Waals surface area (Å²) in [4.78, 5) is 12.2. The van der Waals surface area contributed by atoms with Crippen molar-refractivity contribution < 1.29 is 19.0 Å². The highest BCUT2D eigenvalue weighted by Gasteiger charge is 2.24. The van der Waals surface area contributed by atoms with Gasteiger partial charge in [-0.1, -0.05) is 32.0 Å². The molecule has 150 valence electrons. The van der Waals surface area contributed by atoms with Crippen molar-refractivity contribution >= 4 is 6.03 Å². The van der Waals surface area contributed by atoms with E-state index >= 15 is 0 Å². The summed E-state index contributed by atoms with van der Waals surface area (Å²) < 4.78 is 16.7. The lowest BCUT2D eigenvalue weighted by atomic mass is 9.84. The normalized spacial score (nSPS) is 13.0. The molecule has 28 heavy (non-hydrogen) atoms. The van der Waals surface area contributed by atoms with Gasteiger partial charge in [0.05, 0.1) is 6.61 Å². The third-order valence-electron chi connectivity index (χ3n) is 4.68. The highest BCUT2D eigenvalue weighted by atomic mass is 16.6. The van der Waals surface area contributed by atoms with Crippen LogP contribution in [0.25, 0.3) is 0 Å². The molecule has 0 aromatic heterocycles. The van der Waals surface area contributed by atoms with Crippen LogP contribution in [0, 0.1) is 0 Å². The summed E-state index contributed by atoms with van der Waals surface area (Å²) >= 11 is 0. The Kier molecular flexibility index (Phi) is 6.29. The zero-order valence-electron chi connectivity index (χ0n) is 16.7. The second-order valence-corrected chi connectivity index (χ2v) is 7.36. The van der Waals surface area contributed by atoms with Crippen molar-refractivity contribution in [3.63, 3.8) is 0 Å². The molecule has 0 fully saturated rings. The van der Waals surface area contributed by atoms with E-state index in [1.165, 1.54) is 0 Å². The molecule has 0 radical (unpaired) electrons. The van der Waals surface area contributed by atoms with E-state index in [0.29, 0.717) is 32.9 Å². The molecule has 2 N–H and O–H groups in total. The molecule has 6 heteroatoms. The maximum absolute atomic E-state index is 12.2. The molecule has 3 rings (SSSR count). The van der Waals surface area contributed by atoms with Crippen molar-refractivity contribution in [1.82, 2.24) is 10.6 Å². The summed E-state index contributed by atoms with van der Waals surface area (Å²) in [6.45, 7) is 8.81. The minimum atomic E-state index is -0.248. The number of carbonyl (C=O) groups is 1. The first-order valence-corrected chi connectivity index (χ1v) is 9.61. The molecule has 0 saturated heterocycles. The summed E-state index contributed by atoms with van der Waals surface area (Å²) in [6.07, 6.45) is 0. The van der Waals surface area contributed by atoms with Crippen LogP contribution >= 0.6 is 0 Å². The monoisotopic (exact) mass is 384 g/mol. The number of fused-ring (bicyclic) bond motifs is 1. The van der Waals surface area contributed by atoms with Gasteiger partial charge in [-0.15, -0.1) is 0 Å². The largest absolute Gasteiger partial charge is 0.494 e. The first-order chi connectivity index (χ1) is 13.5. The van der Waals surface area contributed by atoms with Crippen molar-refractivity contribution in [3.8, 4) is 17.2 Å². The zero-order valence-corrected chi connectivity index (χ0v) is 16.7. The summed E-state index contributed by atoms with van der Waals surface area (Å²) in [5.41, 5.74) is 1.83. The minimum absolute atomic E-state index is 0.201. The predicted octanol–water partition coefficient (Wildman–Crippen LogP) is 3.63. The third kappa shape index (κ3) is 5.09. The molecule has 1 heterocycles. The Morgan fingerprint density at radius 1 is 1.07 bits per heavy atom. The van der Waals surface area contributed by atoms with E-state index in [2.05, 4.69) is 24.5 Å². The number of carbonyl (C=O) groups excluding carboxylic acids is 1. The van der Waals surface area contributed by atoms with Gasteiger partial charge in [-0.05, 0) is 42.3 Å². The van der Waals surface area contributed by atoms with E-state index in [1.54, 1.807) is 0 Å². The third-order valence-corrected chi connectivity index (χ3v) is 4.68. The Morgan fingerprint density at radius 3 is 2.64 bits per heavy atom. The Hall–Kier alpha value is -2.89. The highest BCUT2D eigenvalue weighted by Crippen LogP contribution is 2.34. The number of rotatable bonds is 7. The average molecular weight is 384 g/mol. The lowest BCUT2D eigenvalue weighted by Crippen LogP contribution is -2.42. The second kappa shape index (κ2) is 8.87. The van der Waals surface area contributed by atoms with Gasteiger partial charge in [0, 0.05) is 18.5 Å². The molecule has 0 saturated carbocycles. The van der Waals surface area contributed by atoms with Gasteiger partial charge in [-0.2, -0.15) is 0 Å². The van der Waals surface area contributed by atoms with Gasteiger partial charge in [-0.25, -0.2) is 4.79 Å². The number of hydrogen-bond acceptors (Lipinski definition) is 4. The van der Waals surface area contributed by atoms with Gasteiger partial charge in [-0.3, -0.25) is 0 Å². The fourth-order valence-corrected chi connectivity index (χ4v) is 3.02. The van der Waals surface area contributed by atoms with Crippen molar-refractivity contribution in [2.24, 2.45) is 0 Å². The number of urea groups is 1. The van der Waals surface area contributed by atoms with Crippen molar-refractivity contribution in [2.75, 3.05) is 26.4 Å². The number of ether oxygens (including phenoxy) is 3. The maximum Gasteiger partial charge on any atom is 0.315 e. The highest BCUT2D eigenvalue weighted by molar-refractivity contribution is 5.74. The summed E-state index contributed by atoms with van der Waals surface area (Å²) in [7, 11) is 0. The van der Waals surface area contributed by atoms with E-state index in [9.17, 15) is 4.79 Å². The lowest BCUT2D eigenvalue weighted by molar-refractivity contribution is 0.171. The van der Waals surface area contributed by atoms with Crippen LogP contribution in [0.2, 0.25) is 0 Å². The molecular weight excluding hydrogens is 356 g/mol. The Bertz CT molecular complexity index is 820. The zero-order chi connectivity index (χ0) is 20.0. The minimum Gasteiger partial charge on any atom is -0.494 e. The van der Waals surface area contributed by atoms with Gasteiger partial charge in [0.1, 0.15) is 19.0 Å². The lowest BCUT2D eigenvalue weighted by Gasteiger charge is -2.28. The van der Waals surface area contributed by atoms with E-state index in [4.69, 9.17) is 14.2 Å². The van der Waals surface area contributed by atoms with Gasteiger partial charge < -0.3 is 24.8 Å². The van der Waals surface area contributed by atoms with Crippen LogP contribution in [-0.4, -0.2) is 32.4 Å². The Morgan fingerprint density at radius 2 is 1.86 bits per heavy atom. The maximum atomic E-state index is 12.2. The fourth-order valence-electron chi connectivity index (χ4n) is 3.02. The molecule has 2 aromatic carbocycles. The van der Waals surface area contributed by atoms with Gasteiger partial charge >= 0.3 is 6.03 Å². The van der Waals surface area contributed by atoms with Crippen LogP contribution in [0.1, 0.15) is 31.9 Å². The van der Waals surface area contributed by atoms with Crippen LogP contribution in [0.5, 0.6) is 17.2 Å². The van der Waals surface area contributed by atoms with E-state index in [0.717, 1.165) is 28.4 Å². The molecule has 6 nitrogen and oxygen atoms in total. The van der Waals surface area contributed by atoms with Gasteiger partial charge in [0.25, 0.3) is 0 Å². The molecule has 0 spiro atoms. The van der Waals surface area contributed by atoms with Crippen LogP contribution in [0.4, 0.5) is 4.79 Å². The Labute approximate surface area is 166 Å². The van der Waals surface area contributed by atoms with Crippen molar-refractivity contribution in [3.05, 3.63) is 53.6 Å². The van der Waals surface area contributed by atoms with E-state index < -0.39 is 0 Å². The molecule has 2 aromatic rings. The standard InChI is InChI=1S/C22H28N2O4/c1-4-26-18-7-5-6-16(12-18)14-23-21(25)24-15-22(2,3)17-8-9-19-20(13-17)28-11-10-27-19/h5-9,12-13H,4,10-11,14-15H2,1-3H3,(H2,23,24,25). The van der Waals surface area contributed by atoms with Gasteiger partial charge in [0.2, 0.25) is 0 Å². The number of nitrogens with one attached hydrogen (secondary N) is 2. The van der Waals surface area contributed by atoms with Crippen molar-refractivity contribution in [2.45, 2.75) is 32.7 Å². The van der Waals surface area contributed by atoms with Crippen LogP contribution in [-0.2, 0) is 12.0 Å². The molecule has 0 atom stereocenters. The molecule has 0 bridgehead atoms. The topological polar surface area (TPSA) is 68.8 Å². The van der Waals surface area contributed by atoms with E-state index in [1.807, 2.05) is 49.4 Å². The molecule has 1 aliphatic heterocycles. The first kappa shape index (κ1) is 19.9. The van der Waals surface area contributed by atoms with E-state index in [-0.39, 0.29) is 11.4 Å². The SMILES string of the molecule is CCOc1cccc(CNC(=O)NCC(C)(C)c2ccc3c(c2)OCCO3)c1. The van der Waals surface area contributed by atoms with Crippen LogP contribution in [0.3, 0.4) is 0 Å². The van der Waals surface area contributed by atoms with Crippen LogP contribution in [0.15, 0.2) is 42.5 Å². The summed E-state index contributed by atoms with van der Waals surface area (Å²) in [5.74, 6) is 2.34. The van der Waals surface area contributed by atoms with Crippen molar-refractivity contribution in [1.29, 1.82) is 0 Å². The predicted molar refractivity (Wildman–Crippen MR) is 108 cm³/mol. The Balaban J connectivity index is 1.52. The number of amides is 2. The fraction of sp³-hybridized carbons (Fsp3) is 0.409. The van der Waals surface area contributed by atoms with Gasteiger partial charge in [0.15, 0.2) is 11.5 Å². The first-order valence-electron chi connectivity index (χ1n) is 9.61. The average Bonchev–Trinajstić information content (AvgIpc) is 2.71. The molecule has 0 unspecified atom stereocenters. The number of hydrogen-bond donors (Lipinski definition) is 2. The molecule has 1 aliphatic rings. The second-order valence-electron chi connectivity index (χ2n) is 7.36.